The Hall–Kier alpha value is -1.22. The molecular formula is C14H18N2S. The molecule has 0 aliphatic carbocycles. The lowest BCUT2D eigenvalue weighted by molar-refractivity contribution is 0.378. The van der Waals surface area contributed by atoms with E-state index in [1.807, 2.05) is 5.38 Å². The molecule has 90 valence electrons. The van der Waals surface area contributed by atoms with Gasteiger partial charge in [0.05, 0.1) is 0 Å². The lowest BCUT2D eigenvalue weighted by Crippen LogP contribution is -2.06. The maximum Gasteiger partial charge on any atom is 0.105 e. The van der Waals surface area contributed by atoms with E-state index >= 15 is 0 Å². The minimum Gasteiger partial charge on any atom is -0.138 e. The minimum absolute atomic E-state index is 0.400. The fraction of sp³-hybridized carbons (Fsp3) is 0.429. The molecule has 0 spiro atoms. The van der Waals surface area contributed by atoms with Crippen LogP contribution in [0.4, 0.5) is 0 Å². The average molecular weight is 246 g/mol. The van der Waals surface area contributed by atoms with Crippen LogP contribution in [0.25, 0.3) is 11.3 Å². The minimum atomic E-state index is 0.400. The quantitative estimate of drug-likeness (QED) is 0.811. The number of hydrogen-bond donors (Lipinski definition) is 0. The van der Waals surface area contributed by atoms with Gasteiger partial charge in [0.1, 0.15) is 5.69 Å². The lowest BCUT2D eigenvalue weighted by Gasteiger charge is -2.17. The van der Waals surface area contributed by atoms with E-state index in [0.717, 1.165) is 17.7 Å². The van der Waals surface area contributed by atoms with Crippen LogP contribution in [-0.2, 0) is 6.42 Å². The van der Waals surface area contributed by atoms with E-state index in [2.05, 4.69) is 54.6 Å². The summed E-state index contributed by atoms with van der Waals surface area (Å²) in [6.07, 6.45) is 2.35. The van der Waals surface area contributed by atoms with Gasteiger partial charge in [-0.25, -0.2) is 0 Å². The third-order valence-electron chi connectivity index (χ3n) is 2.77. The summed E-state index contributed by atoms with van der Waals surface area (Å²) in [5, 5.41) is 6.05. The largest absolute Gasteiger partial charge is 0.138 e. The van der Waals surface area contributed by atoms with Gasteiger partial charge in [-0.05, 0) is 35.4 Å². The van der Waals surface area contributed by atoms with Crippen LogP contribution < -0.4 is 0 Å². The molecule has 0 N–H and O–H groups in total. The van der Waals surface area contributed by atoms with Gasteiger partial charge in [-0.2, -0.15) is 0 Å². The zero-order chi connectivity index (χ0) is 12.3. The third-order valence-corrected chi connectivity index (χ3v) is 3.28. The molecule has 0 aliphatic heterocycles. The second kappa shape index (κ2) is 4.96. The molecule has 0 radical (unpaired) electrons. The summed E-state index contributed by atoms with van der Waals surface area (Å²) in [6.45, 7) is 6.84. The Balaban J connectivity index is 2.04. The SMILES string of the molecule is CC(C)(C)CCc1ccc(-c2csnn2)cc1. The van der Waals surface area contributed by atoms with Crippen molar-refractivity contribution in [3.63, 3.8) is 0 Å². The summed E-state index contributed by atoms with van der Waals surface area (Å²) < 4.78 is 3.88. The standard InChI is InChI=1S/C14H18N2S/c1-14(2,3)9-8-11-4-6-12(7-5-11)13-10-17-16-15-13/h4-7,10H,8-9H2,1-3H3. The highest BCUT2D eigenvalue weighted by atomic mass is 32.1. The first-order valence-corrected chi connectivity index (χ1v) is 6.75. The molecule has 17 heavy (non-hydrogen) atoms. The van der Waals surface area contributed by atoms with Crippen molar-refractivity contribution in [2.24, 2.45) is 5.41 Å². The Kier molecular flexibility index (Phi) is 3.57. The Bertz CT molecular complexity index is 452. The zero-order valence-corrected chi connectivity index (χ0v) is 11.4. The number of nitrogens with zero attached hydrogens (tertiary/aromatic N) is 2. The number of aryl methyl sites for hydroxylation is 1. The van der Waals surface area contributed by atoms with Gasteiger partial charge in [0.25, 0.3) is 0 Å². The van der Waals surface area contributed by atoms with Crippen molar-refractivity contribution in [3.05, 3.63) is 35.2 Å². The molecule has 1 aromatic carbocycles. The van der Waals surface area contributed by atoms with Crippen molar-refractivity contribution >= 4 is 11.5 Å². The second-order valence-corrected chi connectivity index (χ2v) is 6.16. The van der Waals surface area contributed by atoms with Gasteiger partial charge < -0.3 is 0 Å². The van der Waals surface area contributed by atoms with E-state index in [1.54, 1.807) is 0 Å². The average Bonchev–Trinajstić information content (AvgIpc) is 2.79. The topological polar surface area (TPSA) is 25.8 Å². The number of aromatic nitrogens is 2. The normalized spacial score (nSPS) is 11.7. The van der Waals surface area contributed by atoms with Crippen LogP contribution in [0.1, 0.15) is 32.8 Å². The highest BCUT2D eigenvalue weighted by Gasteiger charge is 2.10. The Morgan fingerprint density at radius 3 is 2.35 bits per heavy atom. The fourth-order valence-electron chi connectivity index (χ4n) is 1.65. The van der Waals surface area contributed by atoms with E-state index in [1.165, 1.54) is 23.5 Å². The number of hydrogen-bond acceptors (Lipinski definition) is 3. The zero-order valence-electron chi connectivity index (χ0n) is 10.6. The van der Waals surface area contributed by atoms with Crippen LogP contribution in [-0.4, -0.2) is 9.59 Å². The van der Waals surface area contributed by atoms with Crippen molar-refractivity contribution < 1.29 is 0 Å². The summed E-state index contributed by atoms with van der Waals surface area (Å²) in [5.41, 5.74) is 3.92. The van der Waals surface area contributed by atoms with Crippen LogP contribution in [0.2, 0.25) is 0 Å². The van der Waals surface area contributed by atoms with Crippen LogP contribution in [0, 0.1) is 5.41 Å². The highest BCUT2D eigenvalue weighted by molar-refractivity contribution is 7.03. The van der Waals surface area contributed by atoms with E-state index in [9.17, 15) is 0 Å². The molecule has 1 aromatic heterocycles. The maximum atomic E-state index is 4.07. The van der Waals surface area contributed by atoms with Crippen LogP contribution in [0.15, 0.2) is 29.6 Å². The number of rotatable bonds is 3. The summed E-state index contributed by atoms with van der Waals surface area (Å²) in [4.78, 5) is 0. The molecule has 2 nitrogen and oxygen atoms in total. The monoisotopic (exact) mass is 246 g/mol. The lowest BCUT2D eigenvalue weighted by atomic mass is 9.88. The summed E-state index contributed by atoms with van der Waals surface area (Å²) in [7, 11) is 0. The highest BCUT2D eigenvalue weighted by Crippen LogP contribution is 2.23. The molecule has 2 rings (SSSR count). The van der Waals surface area contributed by atoms with Crippen LogP contribution in [0.5, 0.6) is 0 Å². The van der Waals surface area contributed by atoms with Gasteiger partial charge >= 0.3 is 0 Å². The van der Waals surface area contributed by atoms with E-state index in [-0.39, 0.29) is 0 Å². The molecule has 0 aliphatic rings. The van der Waals surface area contributed by atoms with E-state index < -0.39 is 0 Å². The van der Waals surface area contributed by atoms with Gasteiger partial charge in [-0.3, -0.25) is 0 Å². The summed E-state index contributed by atoms with van der Waals surface area (Å²) in [5.74, 6) is 0. The van der Waals surface area contributed by atoms with Gasteiger partial charge in [0, 0.05) is 10.9 Å². The Morgan fingerprint density at radius 2 is 1.82 bits per heavy atom. The predicted molar refractivity (Wildman–Crippen MR) is 73.1 cm³/mol. The van der Waals surface area contributed by atoms with Crippen molar-refractivity contribution in [1.82, 2.24) is 9.59 Å². The summed E-state index contributed by atoms with van der Waals surface area (Å²) in [6, 6.07) is 8.66. The molecule has 0 unspecified atom stereocenters. The van der Waals surface area contributed by atoms with Crippen molar-refractivity contribution in [2.75, 3.05) is 0 Å². The third kappa shape index (κ3) is 3.63. The van der Waals surface area contributed by atoms with Gasteiger partial charge in [-0.1, -0.05) is 49.5 Å². The molecule has 0 saturated carbocycles. The van der Waals surface area contributed by atoms with Gasteiger partial charge in [0.15, 0.2) is 0 Å². The van der Waals surface area contributed by atoms with E-state index in [0.29, 0.717) is 5.41 Å². The van der Waals surface area contributed by atoms with Crippen molar-refractivity contribution in [2.45, 2.75) is 33.6 Å². The molecule has 0 fully saturated rings. The Labute approximate surface area is 107 Å². The van der Waals surface area contributed by atoms with Crippen molar-refractivity contribution in [3.8, 4) is 11.3 Å². The first-order chi connectivity index (χ1) is 8.04. The smallest absolute Gasteiger partial charge is 0.105 e. The summed E-state index contributed by atoms with van der Waals surface area (Å²) >= 11 is 1.39. The molecule has 2 aromatic rings. The van der Waals surface area contributed by atoms with Gasteiger partial charge in [0.2, 0.25) is 0 Å². The first kappa shape index (κ1) is 12.2. The second-order valence-electron chi connectivity index (χ2n) is 5.55. The Morgan fingerprint density at radius 1 is 1.12 bits per heavy atom. The fourth-order valence-corrected chi connectivity index (χ4v) is 2.12. The first-order valence-electron chi connectivity index (χ1n) is 5.91. The molecular weight excluding hydrogens is 228 g/mol. The van der Waals surface area contributed by atoms with E-state index in [4.69, 9.17) is 0 Å². The molecule has 0 bridgehead atoms. The van der Waals surface area contributed by atoms with Crippen LogP contribution >= 0.6 is 11.5 Å². The molecule has 0 saturated heterocycles. The molecule has 1 heterocycles. The van der Waals surface area contributed by atoms with Crippen molar-refractivity contribution in [1.29, 1.82) is 0 Å². The number of benzene rings is 1. The van der Waals surface area contributed by atoms with Crippen LogP contribution in [0.3, 0.4) is 0 Å². The molecule has 3 heteroatoms. The maximum absolute atomic E-state index is 4.07. The molecule has 0 amide bonds. The van der Waals surface area contributed by atoms with Gasteiger partial charge in [-0.15, -0.1) is 5.10 Å². The molecule has 0 atom stereocenters. The predicted octanol–water partition coefficient (Wildman–Crippen LogP) is 4.18.